The molecule has 1 heterocycles. The molecule has 0 atom stereocenters. The monoisotopic (exact) mass is 297 g/mol. The number of nitrogens with zero attached hydrogens (tertiary/aromatic N) is 2. The number of hydrogen-bond donors (Lipinski definition) is 1. The first kappa shape index (κ1) is 15.6. The standard InChI is InChI=1S/C17H19N3O2/c1-20-12-6-9-15(20)13-17(21)19-18-11-5-8-14-7-3-4-10-16(14)22-2/h3-12H,13H2,1-2H3,(H,19,21). The molecule has 0 saturated carbocycles. The topological polar surface area (TPSA) is 55.6 Å². The smallest absolute Gasteiger partial charge is 0.245 e. The van der Waals surface area contributed by atoms with Crippen LogP contribution in [0.4, 0.5) is 0 Å². The minimum Gasteiger partial charge on any atom is -0.496 e. The van der Waals surface area contributed by atoms with Crippen molar-refractivity contribution in [1.82, 2.24) is 9.99 Å². The number of carbonyl (C=O) groups is 1. The van der Waals surface area contributed by atoms with E-state index in [0.29, 0.717) is 6.42 Å². The largest absolute Gasteiger partial charge is 0.496 e. The number of rotatable bonds is 6. The van der Waals surface area contributed by atoms with E-state index in [1.54, 1.807) is 13.2 Å². The Morgan fingerprint density at radius 1 is 1.32 bits per heavy atom. The van der Waals surface area contributed by atoms with Crippen molar-refractivity contribution in [2.75, 3.05) is 7.11 Å². The highest BCUT2D eigenvalue weighted by Crippen LogP contribution is 2.18. The van der Waals surface area contributed by atoms with Gasteiger partial charge < -0.3 is 9.30 Å². The first-order valence-corrected chi connectivity index (χ1v) is 6.92. The summed E-state index contributed by atoms with van der Waals surface area (Å²) in [5.74, 6) is 0.642. The Balaban J connectivity index is 1.84. The molecule has 0 fully saturated rings. The van der Waals surface area contributed by atoms with Crippen LogP contribution in [0.15, 0.2) is 53.8 Å². The van der Waals surface area contributed by atoms with E-state index in [2.05, 4.69) is 10.5 Å². The summed E-state index contributed by atoms with van der Waals surface area (Å²) < 4.78 is 7.15. The van der Waals surface area contributed by atoms with Gasteiger partial charge in [-0.25, -0.2) is 5.43 Å². The van der Waals surface area contributed by atoms with Gasteiger partial charge in [0, 0.05) is 30.7 Å². The van der Waals surface area contributed by atoms with Crippen molar-refractivity contribution >= 4 is 18.2 Å². The van der Waals surface area contributed by atoms with Gasteiger partial charge in [0.05, 0.1) is 13.5 Å². The number of allylic oxidation sites excluding steroid dienone is 1. The number of aryl methyl sites for hydroxylation is 1. The first-order valence-electron chi connectivity index (χ1n) is 6.92. The van der Waals surface area contributed by atoms with E-state index < -0.39 is 0 Å². The Kier molecular flexibility index (Phi) is 5.54. The third kappa shape index (κ3) is 4.34. The van der Waals surface area contributed by atoms with Crippen molar-refractivity contribution in [1.29, 1.82) is 0 Å². The third-order valence-electron chi connectivity index (χ3n) is 3.16. The van der Waals surface area contributed by atoms with Crippen LogP contribution in [0.25, 0.3) is 6.08 Å². The molecule has 2 aromatic rings. The number of methoxy groups -OCH3 is 1. The van der Waals surface area contributed by atoms with E-state index in [9.17, 15) is 4.79 Å². The molecular weight excluding hydrogens is 278 g/mol. The van der Waals surface area contributed by atoms with Gasteiger partial charge in [-0.15, -0.1) is 0 Å². The molecule has 1 aromatic carbocycles. The van der Waals surface area contributed by atoms with Gasteiger partial charge >= 0.3 is 0 Å². The Labute approximate surface area is 129 Å². The molecular formula is C17H19N3O2. The number of nitrogens with one attached hydrogen (secondary N) is 1. The number of hydrogen-bond acceptors (Lipinski definition) is 3. The molecule has 0 radical (unpaired) electrons. The van der Waals surface area contributed by atoms with Crippen molar-refractivity contribution in [2.45, 2.75) is 6.42 Å². The van der Waals surface area contributed by atoms with Crippen molar-refractivity contribution in [2.24, 2.45) is 12.1 Å². The second-order valence-corrected chi connectivity index (χ2v) is 4.70. The quantitative estimate of drug-likeness (QED) is 0.657. The Morgan fingerprint density at radius 3 is 2.86 bits per heavy atom. The van der Waals surface area contributed by atoms with E-state index in [1.165, 1.54) is 6.21 Å². The Hall–Kier alpha value is -2.82. The average molecular weight is 297 g/mol. The minimum absolute atomic E-state index is 0.149. The van der Waals surface area contributed by atoms with Crippen LogP contribution in [-0.2, 0) is 18.3 Å². The molecule has 114 valence electrons. The molecule has 0 aliphatic rings. The molecule has 0 bridgehead atoms. The molecule has 22 heavy (non-hydrogen) atoms. The van der Waals surface area contributed by atoms with Crippen LogP contribution in [0, 0.1) is 0 Å². The summed E-state index contributed by atoms with van der Waals surface area (Å²) in [4.78, 5) is 11.7. The molecule has 0 aliphatic carbocycles. The van der Waals surface area contributed by atoms with Crippen LogP contribution < -0.4 is 10.2 Å². The number of amides is 1. The Bertz CT molecular complexity index is 687. The van der Waals surface area contributed by atoms with Gasteiger partial charge in [0.1, 0.15) is 5.75 Å². The predicted molar refractivity (Wildman–Crippen MR) is 87.8 cm³/mol. The Morgan fingerprint density at radius 2 is 2.14 bits per heavy atom. The number of hydrazone groups is 1. The fourth-order valence-corrected chi connectivity index (χ4v) is 1.99. The summed E-state index contributed by atoms with van der Waals surface area (Å²) in [7, 11) is 3.53. The SMILES string of the molecule is COc1ccccc1C=CC=NNC(=O)Cc1cccn1C. The number of benzene rings is 1. The molecule has 0 spiro atoms. The molecule has 1 N–H and O–H groups in total. The van der Waals surface area contributed by atoms with Crippen LogP contribution >= 0.6 is 0 Å². The van der Waals surface area contributed by atoms with E-state index in [4.69, 9.17) is 4.74 Å². The second kappa shape index (κ2) is 7.83. The van der Waals surface area contributed by atoms with Crippen molar-refractivity contribution in [3.8, 4) is 5.75 Å². The summed E-state index contributed by atoms with van der Waals surface area (Å²) in [5, 5.41) is 3.89. The molecule has 0 aliphatic heterocycles. The summed E-state index contributed by atoms with van der Waals surface area (Å²) >= 11 is 0. The molecule has 0 saturated heterocycles. The van der Waals surface area contributed by atoms with Gasteiger partial charge in [-0.3, -0.25) is 4.79 Å². The molecule has 1 amide bonds. The van der Waals surface area contributed by atoms with Crippen LogP contribution in [0.2, 0.25) is 0 Å². The molecule has 5 heteroatoms. The predicted octanol–water partition coefficient (Wildman–Crippen LogP) is 2.39. The van der Waals surface area contributed by atoms with Gasteiger partial charge in [0.15, 0.2) is 0 Å². The van der Waals surface area contributed by atoms with E-state index >= 15 is 0 Å². The van der Waals surface area contributed by atoms with Gasteiger partial charge in [-0.1, -0.05) is 18.2 Å². The lowest BCUT2D eigenvalue weighted by molar-refractivity contribution is -0.120. The summed E-state index contributed by atoms with van der Waals surface area (Å²) in [6.07, 6.45) is 7.36. The van der Waals surface area contributed by atoms with E-state index in [-0.39, 0.29) is 5.91 Å². The van der Waals surface area contributed by atoms with Crippen molar-refractivity contribution < 1.29 is 9.53 Å². The van der Waals surface area contributed by atoms with Gasteiger partial charge in [0.25, 0.3) is 0 Å². The summed E-state index contributed by atoms with van der Waals surface area (Å²) in [5.41, 5.74) is 4.39. The maximum Gasteiger partial charge on any atom is 0.245 e. The lowest BCUT2D eigenvalue weighted by Crippen LogP contribution is -2.20. The lowest BCUT2D eigenvalue weighted by atomic mass is 10.2. The molecule has 5 nitrogen and oxygen atoms in total. The number of carbonyl (C=O) groups excluding carboxylic acids is 1. The minimum atomic E-state index is -0.149. The molecule has 0 unspecified atom stereocenters. The first-order chi connectivity index (χ1) is 10.7. The average Bonchev–Trinajstić information content (AvgIpc) is 2.92. The van der Waals surface area contributed by atoms with E-state index in [1.807, 2.05) is 60.3 Å². The van der Waals surface area contributed by atoms with Crippen LogP contribution in [-0.4, -0.2) is 23.8 Å². The zero-order valence-corrected chi connectivity index (χ0v) is 12.7. The summed E-state index contributed by atoms with van der Waals surface area (Å²) in [6.45, 7) is 0. The highest BCUT2D eigenvalue weighted by atomic mass is 16.5. The highest BCUT2D eigenvalue weighted by molar-refractivity contribution is 5.82. The van der Waals surface area contributed by atoms with E-state index in [0.717, 1.165) is 17.0 Å². The zero-order chi connectivity index (χ0) is 15.8. The maximum absolute atomic E-state index is 11.7. The van der Waals surface area contributed by atoms with Gasteiger partial charge in [0.2, 0.25) is 5.91 Å². The lowest BCUT2D eigenvalue weighted by Gasteiger charge is -2.02. The van der Waals surface area contributed by atoms with Crippen LogP contribution in [0.5, 0.6) is 5.75 Å². The summed E-state index contributed by atoms with van der Waals surface area (Å²) in [6, 6.07) is 11.5. The van der Waals surface area contributed by atoms with Crippen molar-refractivity contribution in [3.05, 3.63) is 59.9 Å². The number of para-hydroxylation sites is 1. The highest BCUT2D eigenvalue weighted by Gasteiger charge is 2.03. The van der Waals surface area contributed by atoms with Crippen molar-refractivity contribution in [3.63, 3.8) is 0 Å². The maximum atomic E-state index is 11.7. The third-order valence-corrected chi connectivity index (χ3v) is 3.16. The molecule has 2 rings (SSSR count). The fraction of sp³-hybridized carbons (Fsp3) is 0.176. The van der Waals surface area contributed by atoms with Crippen LogP contribution in [0.1, 0.15) is 11.3 Å². The normalized spacial score (nSPS) is 11.2. The van der Waals surface area contributed by atoms with Crippen LogP contribution in [0.3, 0.4) is 0 Å². The fourth-order valence-electron chi connectivity index (χ4n) is 1.99. The number of aromatic nitrogens is 1. The second-order valence-electron chi connectivity index (χ2n) is 4.70. The number of ether oxygens (including phenoxy) is 1. The van der Waals surface area contributed by atoms with Gasteiger partial charge in [-0.05, 0) is 30.4 Å². The zero-order valence-electron chi connectivity index (χ0n) is 12.7. The molecule has 1 aromatic heterocycles. The van der Waals surface area contributed by atoms with Gasteiger partial charge in [-0.2, -0.15) is 5.10 Å².